The van der Waals surface area contributed by atoms with Crippen molar-refractivity contribution in [1.29, 1.82) is 0 Å². The zero-order valence-electron chi connectivity index (χ0n) is 11.1. The van der Waals surface area contributed by atoms with Gasteiger partial charge in [-0.15, -0.1) is 0 Å². The first-order chi connectivity index (χ1) is 8.22. The van der Waals surface area contributed by atoms with E-state index in [1.54, 1.807) is 6.07 Å². The van der Waals surface area contributed by atoms with E-state index < -0.39 is 0 Å². The van der Waals surface area contributed by atoms with Gasteiger partial charge in [-0.3, -0.25) is 0 Å². The van der Waals surface area contributed by atoms with Gasteiger partial charge in [-0.2, -0.15) is 0 Å². The monoisotopic (exact) mass is 238 g/mol. The van der Waals surface area contributed by atoms with Crippen LogP contribution in [0, 0.1) is 5.82 Å². The number of anilines is 1. The summed E-state index contributed by atoms with van der Waals surface area (Å²) in [5, 5.41) is 3.20. The summed E-state index contributed by atoms with van der Waals surface area (Å²) in [4.78, 5) is 2.08. The third-order valence-electron chi connectivity index (χ3n) is 2.81. The number of halogens is 1. The molecular formula is C14H23FN2. The zero-order valence-corrected chi connectivity index (χ0v) is 11.1. The predicted molar refractivity (Wildman–Crippen MR) is 72.0 cm³/mol. The Labute approximate surface area is 104 Å². The van der Waals surface area contributed by atoms with Gasteiger partial charge >= 0.3 is 0 Å². The Kier molecular flexibility index (Phi) is 5.98. The summed E-state index contributed by atoms with van der Waals surface area (Å²) < 4.78 is 14.0. The largest absolute Gasteiger partial charge is 0.369 e. The average Bonchev–Trinajstić information content (AvgIpc) is 2.34. The minimum Gasteiger partial charge on any atom is -0.369 e. The molecule has 0 amide bonds. The molecule has 3 heteroatoms. The van der Waals surface area contributed by atoms with Gasteiger partial charge in [0.2, 0.25) is 0 Å². The smallest absolute Gasteiger partial charge is 0.146 e. The van der Waals surface area contributed by atoms with E-state index in [1.807, 2.05) is 19.1 Å². The van der Waals surface area contributed by atoms with Crippen LogP contribution in [0.25, 0.3) is 0 Å². The molecule has 0 aliphatic heterocycles. The first kappa shape index (κ1) is 14.0. The zero-order chi connectivity index (χ0) is 12.7. The maximum Gasteiger partial charge on any atom is 0.146 e. The Hall–Kier alpha value is -1.09. The number of nitrogens with zero attached hydrogens (tertiary/aromatic N) is 1. The van der Waals surface area contributed by atoms with Gasteiger partial charge < -0.3 is 10.2 Å². The predicted octanol–water partition coefficient (Wildman–Crippen LogP) is 3.17. The van der Waals surface area contributed by atoms with Gasteiger partial charge in [0.15, 0.2) is 0 Å². The maximum atomic E-state index is 14.0. The highest BCUT2D eigenvalue weighted by Crippen LogP contribution is 2.20. The number of benzene rings is 1. The molecule has 0 bridgehead atoms. The lowest BCUT2D eigenvalue weighted by Gasteiger charge is -2.23. The van der Waals surface area contributed by atoms with E-state index in [2.05, 4.69) is 24.1 Å². The first-order valence-electron chi connectivity index (χ1n) is 6.47. The van der Waals surface area contributed by atoms with Gasteiger partial charge in [-0.1, -0.05) is 19.9 Å². The molecule has 1 rings (SSSR count). The molecule has 96 valence electrons. The fraction of sp³-hybridized carbons (Fsp3) is 0.571. The van der Waals surface area contributed by atoms with Gasteiger partial charge in [0.25, 0.3) is 0 Å². The second kappa shape index (κ2) is 7.28. The molecule has 0 aliphatic rings. The van der Waals surface area contributed by atoms with Crippen LogP contribution in [-0.4, -0.2) is 19.6 Å². The summed E-state index contributed by atoms with van der Waals surface area (Å²) in [5.41, 5.74) is 1.72. The molecule has 0 saturated heterocycles. The van der Waals surface area contributed by atoms with Crippen LogP contribution in [-0.2, 0) is 6.54 Å². The second-order valence-electron chi connectivity index (χ2n) is 4.15. The average molecular weight is 238 g/mol. The maximum absolute atomic E-state index is 14.0. The molecule has 1 N–H and O–H groups in total. The normalized spacial score (nSPS) is 10.6. The third-order valence-corrected chi connectivity index (χ3v) is 2.81. The Balaban J connectivity index is 2.80. The van der Waals surface area contributed by atoms with Crippen molar-refractivity contribution in [2.75, 3.05) is 24.5 Å². The van der Waals surface area contributed by atoms with E-state index in [0.717, 1.165) is 43.9 Å². The Morgan fingerprint density at radius 3 is 2.53 bits per heavy atom. The van der Waals surface area contributed by atoms with Crippen LogP contribution in [0.5, 0.6) is 0 Å². The van der Waals surface area contributed by atoms with Crippen LogP contribution < -0.4 is 10.2 Å². The molecule has 17 heavy (non-hydrogen) atoms. The van der Waals surface area contributed by atoms with Crippen molar-refractivity contribution in [3.63, 3.8) is 0 Å². The SMILES string of the molecule is CCCN(CC)c1ccc(CNCC)cc1F. The van der Waals surface area contributed by atoms with Crippen molar-refractivity contribution in [2.45, 2.75) is 33.7 Å². The lowest BCUT2D eigenvalue weighted by atomic mass is 10.1. The van der Waals surface area contributed by atoms with Crippen molar-refractivity contribution in [3.05, 3.63) is 29.6 Å². The highest BCUT2D eigenvalue weighted by molar-refractivity contribution is 5.49. The third kappa shape index (κ3) is 4.00. The van der Waals surface area contributed by atoms with Gasteiger partial charge in [0, 0.05) is 19.6 Å². The van der Waals surface area contributed by atoms with E-state index in [4.69, 9.17) is 0 Å². The second-order valence-corrected chi connectivity index (χ2v) is 4.15. The van der Waals surface area contributed by atoms with Crippen molar-refractivity contribution in [3.8, 4) is 0 Å². The van der Waals surface area contributed by atoms with Crippen LogP contribution in [0.4, 0.5) is 10.1 Å². The van der Waals surface area contributed by atoms with Crippen LogP contribution in [0.3, 0.4) is 0 Å². The molecule has 0 aliphatic carbocycles. The molecule has 0 atom stereocenters. The quantitative estimate of drug-likeness (QED) is 0.785. The molecule has 0 unspecified atom stereocenters. The van der Waals surface area contributed by atoms with E-state index in [-0.39, 0.29) is 5.82 Å². The van der Waals surface area contributed by atoms with E-state index in [9.17, 15) is 4.39 Å². The number of hydrogen-bond acceptors (Lipinski definition) is 2. The van der Waals surface area contributed by atoms with E-state index >= 15 is 0 Å². The van der Waals surface area contributed by atoms with Gasteiger partial charge in [0.1, 0.15) is 5.82 Å². The van der Waals surface area contributed by atoms with E-state index in [0.29, 0.717) is 0 Å². The molecule has 0 spiro atoms. The first-order valence-corrected chi connectivity index (χ1v) is 6.47. The van der Waals surface area contributed by atoms with Gasteiger partial charge in [-0.05, 0) is 37.6 Å². The van der Waals surface area contributed by atoms with Gasteiger partial charge in [-0.25, -0.2) is 4.39 Å². The lowest BCUT2D eigenvalue weighted by Crippen LogP contribution is -2.24. The molecule has 1 aromatic carbocycles. The van der Waals surface area contributed by atoms with Crippen LogP contribution in [0.2, 0.25) is 0 Å². The highest BCUT2D eigenvalue weighted by Gasteiger charge is 2.09. The summed E-state index contributed by atoms with van der Waals surface area (Å²) in [6, 6.07) is 5.52. The summed E-state index contributed by atoms with van der Waals surface area (Å²) in [5.74, 6) is -0.115. The molecule has 2 nitrogen and oxygen atoms in total. The minimum atomic E-state index is -0.115. The minimum absolute atomic E-state index is 0.115. The summed E-state index contributed by atoms with van der Waals surface area (Å²) in [6.07, 6.45) is 1.03. The molecule has 0 heterocycles. The van der Waals surface area contributed by atoms with Crippen LogP contribution in [0.15, 0.2) is 18.2 Å². The molecule has 0 radical (unpaired) electrons. The van der Waals surface area contributed by atoms with Crippen LogP contribution in [0.1, 0.15) is 32.8 Å². The highest BCUT2D eigenvalue weighted by atomic mass is 19.1. The van der Waals surface area contributed by atoms with Crippen molar-refractivity contribution in [1.82, 2.24) is 5.32 Å². The van der Waals surface area contributed by atoms with Crippen molar-refractivity contribution in [2.24, 2.45) is 0 Å². The fourth-order valence-corrected chi connectivity index (χ4v) is 1.90. The standard InChI is InChI=1S/C14H23FN2/c1-4-9-17(6-3)14-8-7-12(10-13(14)15)11-16-5-2/h7-8,10,16H,4-6,9,11H2,1-3H3. The summed E-state index contributed by atoms with van der Waals surface area (Å²) in [6.45, 7) is 9.59. The van der Waals surface area contributed by atoms with Crippen molar-refractivity contribution >= 4 is 5.69 Å². The van der Waals surface area contributed by atoms with Crippen LogP contribution >= 0.6 is 0 Å². The molecular weight excluding hydrogens is 215 g/mol. The summed E-state index contributed by atoms with van der Waals surface area (Å²) >= 11 is 0. The Morgan fingerprint density at radius 2 is 2.00 bits per heavy atom. The molecule has 0 fully saturated rings. The van der Waals surface area contributed by atoms with E-state index in [1.165, 1.54) is 0 Å². The Morgan fingerprint density at radius 1 is 1.24 bits per heavy atom. The van der Waals surface area contributed by atoms with Gasteiger partial charge in [0.05, 0.1) is 5.69 Å². The molecule has 0 saturated carbocycles. The van der Waals surface area contributed by atoms with Crippen molar-refractivity contribution < 1.29 is 4.39 Å². The lowest BCUT2D eigenvalue weighted by molar-refractivity contribution is 0.612. The summed E-state index contributed by atoms with van der Waals surface area (Å²) in [7, 11) is 0. The number of hydrogen-bond donors (Lipinski definition) is 1. The fourth-order valence-electron chi connectivity index (χ4n) is 1.90. The Bertz CT molecular complexity index is 339. The number of nitrogens with one attached hydrogen (secondary N) is 1. The number of rotatable bonds is 7. The molecule has 1 aromatic rings. The topological polar surface area (TPSA) is 15.3 Å². The molecule has 0 aromatic heterocycles.